The van der Waals surface area contributed by atoms with Crippen LogP contribution in [0.5, 0.6) is 0 Å². The van der Waals surface area contributed by atoms with E-state index in [0.29, 0.717) is 25.4 Å². The maximum Gasteiger partial charge on any atom is 0.364 e. The van der Waals surface area contributed by atoms with Gasteiger partial charge >= 0.3 is 11.9 Å². The first-order valence-corrected chi connectivity index (χ1v) is 10.7. The van der Waals surface area contributed by atoms with Gasteiger partial charge in [-0.3, -0.25) is 4.79 Å². The van der Waals surface area contributed by atoms with Crippen LogP contribution in [0, 0.1) is 5.92 Å². The van der Waals surface area contributed by atoms with Crippen molar-refractivity contribution in [1.82, 2.24) is 0 Å². The van der Waals surface area contributed by atoms with Gasteiger partial charge in [-0.1, -0.05) is 19.3 Å². The van der Waals surface area contributed by atoms with Gasteiger partial charge in [0.05, 0.1) is 19.6 Å². The summed E-state index contributed by atoms with van der Waals surface area (Å²) in [5.74, 6) is -2.55. The topological polar surface area (TPSA) is 137 Å². The number of hydrogen-bond donors (Lipinski definition) is 2. The van der Waals surface area contributed by atoms with Gasteiger partial charge in [0.2, 0.25) is 0 Å². The van der Waals surface area contributed by atoms with Crippen LogP contribution in [0.4, 0.5) is 0 Å². The van der Waals surface area contributed by atoms with Gasteiger partial charge in [0.25, 0.3) is 0 Å². The quantitative estimate of drug-likeness (QED) is 0.370. The molecule has 3 N–H and O–H groups in total. The summed E-state index contributed by atoms with van der Waals surface area (Å²) in [7, 11) is 0. The van der Waals surface area contributed by atoms with Gasteiger partial charge in [0.1, 0.15) is 5.78 Å². The molecule has 0 aromatic carbocycles. The molecule has 1 aliphatic rings. The molecule has 9 heteroatoms. The molecule has 0 saturated heterocycles. The lowest BCUT2D eigenvalue weighted by Crippen LogP contribution is -2.92. The minimum atomic E-state index is -2.07. The van der Waals surface area contributed by atoms with Crippen molar-refractivity contribution in [2.45, 2.75) is 57.9 Å². The highest BCUT2D eigenvalue weighted by atomic mass is 32.2. The minimum Gasteiger partial charge on any atom is -0.539 e. The summed E-state index contributed by atoms with van der Waals surface area (Å²) in [5.41, 5.74) is 0. The van der Waals surface area contributed by atoms with E-state index in [1.165, 1.54) is 19.3 Å². The first-order chi connectivity index (χ1) is 12.8. The number of ether oxygens (including phenoxy) is 1. The van der Waals surface area contributed by atoms with E-state index in [1.807, 2.05) is 18.5 Å². The van der Waals surface area contributed by atoms with Crippen molar-refractivity contribution in [1.29, 1.82) is 0 Å². The number of rotatable bonds is 10. The highest BCUT2D eigenvalue weighted by Gasteiger charge is 2.25. The van der Waals surface area contributed by atoms with Gasteiger partial charge in [-0.25, -0.2) is 9.59 Å². The Hall–Kier alpha value is -1.61. The number of carboxylic acid groups (broad SMARTS) is 2. The van der Waals surface area contributed by atoms with E-state index in [2.05, 4.69) is 0 Å². The number of hydrogen-bond acceptors (Lipinski definition) is 7. The third kappa shape index (κ3) is 12.4. The molecule has 1 fully saturated rings. The SMILES string of the molecule is CCOC(=O)C(CCSC)[NH2+]CCC(=O)C1CCCCC1.O=C([O-])C(=O)O. The summed E-state index contributed by atoms with van der Waals surface area (Å²) in [6.07, 6.45) is 9.21. The minimum absolute atomic E-state index is 0.142. The molecule has 156 valence electrons. The van der Waals surface area contributed by atoms with Crippen molar-refractivity contribution < 1.29 is 39.4 Å². The highest BCUT2D eigenvalue weighted by Crippen LogP contribution is 2.24. The van der Waals surface area contributed by atoms with Gasteiger partial charge in [-0.15, -0.1) is 0 Å². The largest absolute Gasteiger partial charge is 0.539 e. The van der Waals surface area contributed by atoms with Gasteiger partial charge in [-0.05, 0) is 31.8 Å². The zero-order valence-electron chi connectivity index (χ0n) is 16.1. The smallest absolute Gasteiger partial charge is 0.364 e. The summed E-state index contributed by atoms with van der Waals surface area (Å²) >= 11 is 1.73. The fourth-order valence-corrected chi connectivity index (χ4v) is 3.37. The standard InChI is InChI=1S/C16H29NO3S.C2H2O4/c1-3-20-16(19)14(10-12-21-2)17-11-9-15(18)13-7-5-4-6-8-13;3-1(4)2(5)6/h13-14,17H,3-12H2,1-2H3;(H,3,4)(H,5,6). The zero-order valence-corrected chi connectivity index (χ0v) is 16.9. The molecule has 0 bridgehead atoms. The Labute approximate surface area is 164 Å². The van der Waals surface area contributed by atoms with Crippen LogP contribution in [-0.2, 0) is 23.9 Å². The third-order valence-corrected chi connectivity index (χ3v) is 4.94. The fourth-order valence-electron chi connectivity index (χ4n) is 2.88. The predicted octanol–water partition coefficient (Wildman–Crippen LogP) is -0.405. The summed E-state index contributed by atoms with van der Waals surface area (Å²) in [4.78, 5) is 42.1. The van der Waals surface area contributed by atoms with Crippen molar-refractivity contribution >= 4 is 35.5 Å². The normalized spacial score (nSPS) is 15.2. The van der Waals surface area contributed by atoms with Crippen LogP contribution in [0.25, 0.3) is 0 Å². The summed E-state index contributed by atoms with van der Waals surface area (Å²) in [6, 6.07) is -0.156. The van der Waals surface area contributed by atoms with E-state index in [1.54, 1.807) is 11.8 Å². The lowest BCUT2D eigenvalue weighted by atomic mass is 9.85. The molecule has 0 amide bonds. The molecule has 1 saturated carbocycles. The molecule has 0 spiro atoms. The summed E-state index contributed by atoms with van der Waals surface area (Å²) < 4.78 is 5.11. The molecule has 0 aromatic heterocycles. The molecule has 0 radical (unpaired) electrons. The lowest BCUT2D eigenvalue weighted by molar-refractivity contribution is -0.677. The number of carbonyl (C=O) groups excluding carboxylic acids is 3. The first kappa shape index (κ1) is 25.4. The van der Waals surface area contributed by atoms with Gasteiger partial charge < -0.3 is 25.1 Å². The average Bonchev–Trinajstić information content (AvgIpc) is 2.65. The summed E-state index contributed by atoms with van der Waals surface area (Å²) in [5, 5.41) is 18.3. The number of ketones is 1. The molecule has 1 aliphatic carbocycles. The zero-order chi connectivity index (χ0) is 20.7. The van der Waals surface area contributed by atoms with E-state index >= 15 is 0 Å². The van der Waals surface area contributed by atoms with Crippen LogP contribution < -0.4 is 10.4 Å². The second kappa shape index (κ2) is 15.4. The number of nitrogens with two attached hydrogens (primary N) is 1. The lowest BCUT2D eigenvalue weighted by Gasteiger charge is -2.20. The molecule has 0 aliphatic heterocycles. The van der Waals surface area contributed by atoms with Crippen LogP contribution in [0.1, 0.15) is 51.9 Å². The number of carboxylic acids is 2. The Morgan fingerprint density at radius 3 is 2.30 bits per heavy atom. The highest BCUT2D eigenvalue weighted by molar-refractivity contribution is 7.98. The number of thioether (sulfide) groups is 1. The molecule has 27 heavy (non-hydrogen) atoms. The Kier molecular flexibility index (Phi) is 14.5. The molecular formula is C18H31NO7S. The second-order valence-corrected chi connectivity index (χ2v) is 7.29. The Morgan fingerprint density at radius 2 is 1.81 bits per heavy atom. The monoisotopic (exact) mass is 405 g/mol. The van der Waals surface area contributed by atoms with Crippen molar-refractivity contribution in [3.8, 4) is 0 Å². The Bertz CT molecular complexity index is 466. The number of esters is 1. The molecule has 1 atom stereocenters. The van der Waals surface area contributed by atoms with Crippen molar-refractivity contribution in [3.63, 3.8) is 0 Å². The van der Waals surface area contributed by atoms with E-state index < -0.39 is 11.9 Å². The predicted molar refractivity (Wildman–Crippen MR) is 99.1 cm³/mol. The molecule has 8 nitrogen and oxygen atoms in total. The van der Waals surface area contributed by atoms with E-state index in [0.717, 1.165) is 25.0 Å². The number of aliphatic carboxylic acids is 2. The van der Waals surface area contributed by atoms with Crippen molar-refractivity contribution in [2.75, 3.05) is 25.2 Å². The summed E-state index contributed by atoms with van der Waals surface area (Å²) in [6.45, 7) is 2.95. The first-order valence-electron chi connectivity index (χ1n) is 9.29. The second-order valence-electron chi connectivity index (χ2n) is 6.31. The van der Waals surface area contributed by atoms with Crippen LogP contribution in [-0.4, -0.2) is 60.0 Å². The Morgan fingerprint density at radius 1 is 1.22 bits per heavy atom. The fraction of sp³-hybridized carbons (Fsp3) is 0.778. The number of quaternary nitrogens is 1. The maximum absolute atomic E-state index is 12.1. The van der Waals surface area contributed by atoms with Crippen LogP contribution in [0.2, 0.25) is 0 Å². The van der Waals surface area contributed by atoms with Crippen LogP contribution >= 0.6 is 11.8 Å². The number of carbonyl (C=O) groups is 4. The van der Waals surface area contributed by atoms with E-state index in [4.69, 9.17) is 24.5 Å². The Balaban J connectivity index is 0.000000972. The van der Waals surface area contributed by atoms with Crippen molar-refractivity contribution in [2.24, 2.45) is 5.92 Å². The molecule has 0 heterocycles. The van der Waals surface area contributed by atoms with Crippen molar-refractivity contribution in [3.05, 3.63) is 0 Å². The third-order valence-electron chi connectivity index (χ3n) is 4.30. The van der Waals surface area contributed by atoms with Gasteiger partial charge in [0.15, 0.2) is 12.0 Å². The molecule has 0 aromatic rings. The van der Waals surface area contributed by atoms with Gasteiger partial charge in [0, 0.05) is 12.3 Å². The van der Waals surface area contributed by atoms with E-state index in [9.17, 15) is 9.59 Å². The maximum atomic E-state index is 12.1. The number of Topliss-reactive ketones (excluding diaryl/α,β-unsaturated/α-hetero) is 1. The van der Waals surface area contributed by atoms with Gasteiger partial charge in [-0.2, -0.15) is 11.8 Å². The molecule has 1 rings (SSSR count). The molecule has 1 unspecified atom stereocenters. The molecular weight excluding hydrogens is 374 g/mol. The van der Waals surface area contributed by atoms with E-state index in [-0.39, 0.29) is 17.9 Å². The van der Waals surface area contributed by atoms with Crippen LogP contribution in [0.15, 0.2) is 0 Å². The van der Waals surface area contributed by atoms with Crippen LogP contribution in [0.3, 0.4) is 0 Å². The average molecular weight is 406 g/mol.